The fourth-order valence-electron chi connectivity index (χ4n) is 3.24. The number of ether oxygens (including phenoxy) is 2. The van der Waals surface area contributed by atoms with Crippen molar-refractivity contribution >= 4 is 27.5 Å². The highest BCUT2D eigenvalue weighted by Gasteiger charge is 2.33. The highest BCUT2D eigenvalue weighted by atomic mass is 32.2. The Morgan fingerprint density at radius 1 is 1.09 bits per heavy atom. The summed E-state index contributed by atoms with van der Waals surface area (Å²) in [5.41, 5.74) is -0.380. The van der Waals surface area contributed by atoms with Gasteiger partial charge in [-0.05, 0) is 48.4 Å². The van der Waals surface area contributed by atoms with E-state index in [-0.39, 0.29) is 35.2 Å². The van der Waals surface area contributed by atoms with Crippen LogP contribution in [-0.2, 0) is 27.4 Å². The van der Waals surface area contributed by atoms with E-state index >= 15 is 0 Å². The molecule has 0 unspecified atom stereocenters. The minimum Gasteiger partial charge on any atom is -0.497 e. The summed E-state index contributed by atoms with van der Waals surface area (Å²) in [6.07, 6.45) is -4.36. The number of carbonyl (C=O) groups is 1. The standard InChI is InChI=1S/C21H22F3N3O5S/c1-31-15-4-5-17(32-2)13(11-15)9-10-25-20(28)8-7-19-26-16-12-14(21(22,23)24)3-6-18(16)33(29,30)27-19/h3-6,11-12H,7-10H2,1-2H3,(H,25,28)(H,26,27). The number of fused-ring (bicyclic) bond motifs is 1. The molecule has 178 valence electrons. The summed E-state index contributed by atoms with van der Waals surface area (Å²) in [5.74, 6) is 0.821. The number of amidine groups is 1. The Bertz CT molecular complexity index is 1180. The van der Waals surface area contributed by atoms with E-state index in [1.165, 1.54) is 14.2 Å². The minimum atomic E-state index is -4.62. The number of carbonyl (C=O) groups excluding carboxylic acids is 1. The normalized spacial score (nSPS) is 14.5. The molecule has 12 heteroatoms. The minimum absolute atomic E-state index is 0.0940. The van der Waals surface area contributed by atoms with E-state index in [4.69, 9.17) is 9.47 Å². The first kappa shape index (κ1) is 24.4. The number of amides is 1. The Balaban J connectivity index is 1.58. The number of benzene rings is 2. The second-order valence-corrected chi connectivity index (χ2v) is 8.70. The molecular weight excluding hydrogens is 463 g/mol. The smallest absolute Gasteiger partial charge is 0.416 e. The lowest BCUT2D eigenvalue weighted by Gasteiger charge is -2.19. The van der Waals surface area contributed by atoms with Crippen LogP contribution in [0.15, 0.2) is 45.7 Å². The van der Waals surface area contributed by atoms with Gasteiger partial charge in [0.15, 0.2) is 0 Å². The van der Waals surface area contributed by atoms with Crippen LogP contribution >= 0.6 is 0 Å². The van der Waals surface area contributed by atoms with Crippen molar-refractivity contribution in [3.8, 4) is 11.5 Å². The van der Waals surface area contributed by atoms with Crippen LogP contribution in [0.5, 0.6) is 11.5 Å². The fourth-order valence-corrected chi connectivity index (χ4v) is 4.40. The lowest BCUT2D eigenvalue weighted by molar-refractivity contribution is -0.137. The number of nitrogens with zero attached hydrogens (tertiary/aromatic N) is 1. The highest BCUT2D eigenvalue weighted by molar-refractivity contribution is 7.90. The van der Waals surface area contributed by atoms with Crippen molar-refractivity contribution in [3.05, 3.63) is 47.5 Å². The summed E-state index contributed by atoms with van der Waals surface area (Å²) in [7, 11) is -1.10. The van der Waals surface area contributed by atoms with E-state index < -0.39 is 21.8 Å². The van der Waals surface area contributed by atoms with Crippen LogP contribution in [0.3, 0.4) is 0 Å². The molecule has 0 atom stereocenters. The Morgan fingerprint density at radius 3 is 2.52 bits per heavy atom. The summed E-state index contributed by atoms with van der Waals surface area (Å²) < 4.78 is 77.5. The van der Waals surface area contributed by atoms with Gasteiger partial charge in [0.1, 0.15) is 22.2 Å². The van der Waals surface area contributed by atoms with Crippen molar-refractivity contribution in [2.45, 2.75) is 30.3 Å². The monoisotopic (exact) mass is 485 g/mol. The quantitative estimate of drug-likeness (QED) is 0.594. The van der Waals surface area contributed by atoms with Crippen molar-refractivity contribution in [1.82, 2.24) is 5.32 Å². The zero-order valence-electron chi connectivity index (χ0n) is 17.8. The van der Waals surface area contributed by atoms with Crippen molar-refractivity contribution in [2.75, 3.05) is 26.1 Å². The fraction of sp³-hybridized carbons (Fsp3) is 0.333. The van der Waals surface area contributed by atoms with E-state index in [1.54, 1.807) is 18.2 Å². The van der Waals surface area contributed by atoms with Crippen LogP contribution in [0, 0.1) is 0 Å². The van der Waals surface area contributed by atoms with Gasteiger partial charge >= 0.3 is 6.18 Å². The maximum Gasteiger partial charge on any atom is 0.416 e. The molecule has 1 aliphatic rings. The number of alkyl halides is 3. The molecule has 1 amide bonds. The van der Waals surface area contributed by atoms with Gasteiger partial charge in [-0.25, -0.2) is 0 Å². The van der Waals surface area contributed by atoms with Crippen LogP contribution in [-0.4, -0.2) is 40.9 Å². The van der Waals surface area contributed by atoms with E-state index in [9.17, 15) is 26.4 Å². The number of hydrogen-bond donors (Lipinski definition) is 2. The van der Waals surface area contributed by atoms with Crippen molar-refractivity contribution in [3.63, 3.8) is 0 Å². The lowest BCUT2D eigenvalue weighted by Crippen LogP contribution is -2.28. The van der Waals surface area contributed by atoms with Crippen LogP contribution < -0.4 is 20.1 Å². The average molecular weight is 485 g/mol. The Hall–Kier alpha value is -3.28. The van der Waals surface area contributed by atoms with E-state index in [2.05, 4.69) is 15.0 Å². The van der Waals surface area contributed by atoms with Gasteiger partial charge in [0.2, 0.25) is 5.91 Å². The number of methoxy groups -OCH3 is 2. The first-order valence-corrected chi connectivity index (χ1v) is 11.3. The van der Waals surface area contributed by atoms with Crippen LogP contribution in [0.2, 0.25) is 0 Å². The molecule has 3 rings (SSSR count). The largest absolute Gasteiger partial charge is 0.497 e. The zero-order chi connectivity index (χ0) is 24.2. The molecule has 0 radical (unpaired) electrons. The van der Waals surface area contributed by atoms with Crippen LogP contribution in [0.1, 0.15) is 24.0 Å². The maximum atomic E-state index is 13.0. The summed E-state index contributed by atoms with van der Waals surface area (Å²) in [4.78, 5) is 11.8. The maximum absolute atomic E-state index is 13.0. The molecule has 1 heterocycles. The number of rotatable bonds is 8. The van der Waals surface area contributed by atoms with E-state index in [0.717, 1.165) is 11.6 Å². The van der Waals surface area contributed by atoms with Crippen LogP contribution in [0.25, 0.3) is 0 Å². The molecule has 2 aromatic rings. The predicted octanol–water partition coefficient (Wildman–Crippen LogP) is 3.37. The summed E-state index contributed by atoms with van der Waals surface area (Å²) in [5, 5.41) is 5.30. The third-order valence-electron chi connectivity index (χ3n) is 4.89. The second kappa shape index (κ2) is 9.69. The van der Waals surface area contributed by atoms with Crippen molar-refractivity contribution in [1.29, 1.82) is 0 Å². The van der Waals surface area contributed by atoms with Gasteiger partial charge < -0.3 is 20.1 Å². The number of hydrogen-bond acceptors (Lipinski definition) is 6. The molecule has 0 saturated heterocycles. The molecule has 2 aromatic carbocycles. The van der Waals surface area contributed by atoms with Gasteiger partial charge in [0.25, 0.3) is 10.0 Å². The third-order valence-corrected chi connectivity index (χ3v) is 6.26. The topological polar surface area (TPSA) is 106 Å². The Kier molecular flexibility index (Phi) is 7.15. The van der Waals surface area contributed by atoms with Gasteiger partial charge in [0, 0.05) is 19.4 Å². The molecule has 0 aromatic heterocycles. The number of halogens is 3. The summed E-state index contributed by atoms with van der Waals surface area (Å²) in [6, 6.07) is 7.56. The molecule has 0 fully saturated rings. The first-order chi connectivity index (χ1) is 15.5. The summed E-state index contributed by atoms with van der Waals surface area (Å²) >= 11 is 0. The number of anilines is 1. The third kappa shape index (κ3) is 5.95. The molecular formula is C21H22F3N3O5S. The van der Waals surface area contributed by atoms with E-state index in [1.807, 2.05) is 0 Å². The van der Waals surface area contributed by atoms with Crippen molar-refractivity contribution in [2.24, 2.45) is 4.40 Å². The predicted molar refractivity (Wildman–Crippen MR) is 115 cm³/mol. The van der Waals surface area contributed by atoms with E-state index in [0.29, 0.717) is 36.6 Å². The average Bonchev–Trinajstić information content (AvgIpc) is 2.76. The molecule has 0 aliphatic carbocycles. The highest BCUT2D eigenvalue weighted by Crippen LogP contribution is 2.35. The molecule has 33 heavy (non-hydrogen) atoms. The molecule has 0 bridgehead atoms. The Labute approximate surface area is 188 Å². The number of nitrogens with one attached hydrogen (secondary N) is 2. The molecule has 1 aliphatic heterocycles. The Morgan fingerprint density at radius 2 is 1.85 bits per heavy atom. The first-order valence-electron chi connectivity index (χ1n) is 9.83. The number of sulfonamides is 1. The molecule has 0 saturated carbocycles. The second-order valence-electron chi connectivity index (χ2n) is 7.12. The lowest BCUT2D eigenvalue weighted by atomic mass is 10.1. The van der Waals surface area contributed by atoms with Crippen molar-refractivity contribution < 1.29 is 35.9 Å². The van der Waals surface area contributed by atoms with Gasteiger partial charge in [-0.15, -0.1) is 4.40 Å². The van der Waals surface area contributed by atoms with Gasteiger partial charge in [-0.2, -0.15) is 21.6 Å². The van der Waals surface area contributed by atoms with Gasteiger partial charge in [-0.3, -0.25) is 4.79 Å². The SMILES string of the molecule is COc1ccc(OC)c(CCNC(=O)CCC2=NS(=O)(=O)c3ccc(C(F)(F)F)cc3N2)c1. The molecule has 0 spiro atoms. The molecule has 2 N–H and O–H groups in total. The van der Waals surface area contributed by atoms with Gasteiger partial charge in [-0.1, -0.05) is 0 Å². The van der Waals surface area contributed by atoms with Crippen LogP contribution in [0.4, 0.5) is 18.9 Å². The molecule has 8 nitrogen and oxygen atoms in total. The zero-order valence-corrected chi connectivity index (χ0v) is 18.6. The van der Waals surface area contributed by atoms with Gasteiger partial charge in [0.05, 0.1) is 25.5 Å². The summed E-state index contributed by atoms with van der Waals surface area (Å²) in [6.45, 7) is 0.290.